The van der Waals surface area contributed by atoms with Crippen LogP contribution < -0.4 is 15.0 Å². The molecule has 0 aliphatic rings. The van der Waals surface area contributed by atoms with Gasteiger partial charge in [0.15, 0.2) is 0 Å². The molecule has 10 nitrogen and oxygen atoms in total. The van der Waals surface area contributed by atoms with Crippen molar-refractivity contribution >= 4 is 33.1 Å². The lowest BCUT2D eigenvalue weighted by atomic mass is 10.1. The molecule has 0 spiro atoms. The number of rotatable bonds is 7. The number of nitrogens with one attached hydrogen (secondary N) is 2. The largest absolute Gasteiger partial charge is 0.434 e. The highest BCUT2D eigenvalue weighted by Gasteiger charge is 2.26. The maximum absolute atomic E-state index is 12.5. The molecule has 12 heteroatoms. The van der Waals surface area contributed by atoms with Gasteiger partial charge in [-0.3, -0.25) is 15.5 Å². The topological polar surface area (TPSA) is 136 Å². The maximum atomic E-state index is 12.5. The summed E-state index contributed by atoms with van der Waals surface area (Å²) in [4.78, 5) is 20.5. The molecular weight excluding hydrogens is 446 g/mol. The predicted molar refractivity (Wildman–Crippen MR) is 115 cm³/mol. The Hall–Kier alpha value is -3.28. The van der Waals surface area contributed by atoms with Crippen LogP contribution in [0.3, 0.4) is 0 Å². The first-order valence-corrected chi connectivity index (χ1v) is 10.7. The molecule has 0 saturated heterocycles. The minimum absolute atomic E-state index is 0.0223. The van der Waals surface area contributed by atoms with Crippen LogP contribution in [0.15, 0.2) is 47.6 Å². The highest BCUT2D eigenvalue weighted by molar-refractivity contribution is 7.89. The van der Waals surface area contributed by atoms with E-state index in [4.69, 9.17) is 16.3 Å². The minimum atomic E-state index is -4.01. The van der Waals surface area contributed by atoms with Crippen LogP contribution in [0.2, 0.25) is 5.02 Å². The fourth-order valence-electron chi connectivity index (χ4n) is 2.66. The van der Waals surface area contributed by atoms with Crippen molar-refractivity contribution in [3.8, 4) is 11.6 Å². The van der Waals surface area contributed by atoms with Gasteiger partial charge in [0.1, 0.15) is 12.1 Å². The Labute approximate surface area is 183 Å². The highest BCUT2D eigenvalue weighted by atomic mass is 35.5. The number of benzene rings is 2. The number of ether oxygens (including phenoxy) is 1. The van der Waals surface area contributed by atoms with Crippen molar-refractivity contribution in [1.29, 1.82) is 0 Å². The van der Waals surface area contributed by atoms with E-state index < -0.39 is 20.6 Å². The van der Waals surface area contributed by atoms with E-state index in [1.165, 1.54) is 12.1 Å². The summed E-state index contributed by atoms with van der Waals surface area (Å²) in [5.41, 5.74) is 3.96. The van der Waals surface area contributed by atoms with Crippen molar-refractivity contribution in [2.24, 2.45) is 0 Å². The zero-order chi connectivity index (χ0) is 22.8. The summed E-state index contributed by atoms with van der Waals surface area (Å²) in [7, 11) is -4.01. The van der Waals surface area contributed by atoms with Crippen LogP contribution in [0.25, 0.3) is 0 Å². The van der Waals surface area contributed by atoms with Crippen molar-refractivity contribution in [2.75, 3.05) is 5.43 Å². The van der Waals surface area contributed by atoms with Crippen LogP contribution in [0.5, 0.6) is 11.6 Å². The number of hydrogen-bond donors (Lipinski definition) is 2. The molecule has 2 aromatic carbocycles. The molecule has 162 valence electrons. The van der Waals surface area contributed by atoms with E-state index in [2.05, 4.69) is 20.2 Å². The second-order valence-corrected chi connectivity index (χ2v) is 8.71. The quantitative estimate of drug-likeness (QED) is 0.395. The molecule has 0 atom stereocenters. The molecule has 1 heterocycles. The summed E-state index contributed by atoms with van der Waals surface area (Å²) in [6, 6.07) is 9.29. The van der Waals surface area contributed by atoms with Crippen molar-refractivity contribution in [3.05, 3.63) is 74.6 Å². The number of aryl methyl sites for hydroxylation is 3. The van der Waals surface area contributed by atoms with Crippen LogP contribution >= 0.6 is 11.6 Å². The molecule has 2 N–H and O–H groups in total. The number of nitrogens with zero attached hydrogens (tertiary/aromatic N) is 3. The Morgan fingerprint density at radius 3 is 2.26 bits per heavy atom. The molecular formula is C19H18ClN5O5S. The first kappa shape index (κ1) is 22.4. The average Bonchev–Trinajstić information content (AvgIpc) is 2.70. The SMILES string of the molecule is Cc1ccc(S(=O)(=O)NNc2ncnc(Oc3cc(C)c(Cl)c(C)c3)c2[N+](=O)[O-])cc1. The summed E-state index contributed by atoms with van der Waals surface area (Å²) in [6.07, 6.45) is 1.01. The Morgan fingerprint density at radius 2 is 1.68 bits per heavy atom. The van der Waals surface area contributed by atoms with E-state index in [0.29, 0.717) is 5.02 Å². The lowest BCUT2D eigenvalue weighted by Gasteiger charge is -2.12. The Balaban J connectivity index is 1.90. The Kier molecular flexibility index (Phi) is 6.39. The third-order valence-corrected chi connectivity index (χ3v) is 6.09. The van der Waals surface area contributed by atoms with Gasteiger partial charge >= 0.3 is 11.6 Å². The average molecular weight is 464 g/mol. The normalized spacial score (nSPS) is 11.2. The van der Waals surface area contributed by atoms with Crippen LogP contribution in [-0.4, -0.2) is 23.3 Å². The summed E-state index contributed by atoms with van der Waals surface area (Å²) < 4.78 is 30.5. The number of hydrazine groups is 1. The number of halogens is 1. The summed E-state index contributed by atoms with van der Waals surface area (Å²) in [5, 5.41) is 12.2. The standard InChI is InChI=1S/C19H18ClN5O5S/c1-11-4-6-15(7-5-11)31(28,29)24-23-18-17(25(26)27)19(22-10-21-18)30-14-8-12(2)16(20)13(3)9-14/h4-10,24H,1-3H3,(H,21,22,23). The first-order valence-electron chi connectivity index (χ1n) is 8.87. The zero-order valence-electron chi connectivity index (χ0n) is 16.7. The van der Waals surface area contributed by atoms with Crippen LogP contribution in [0.4, 0.5) is 11.5 Å². The first-order chi connectivity index (χ1) is 14.6. The van der Waals surface area contributed by atoms with Gasteiger partial charge in [-0.05, 0) is 56.2 Å². The highest BCUT2D eigenvalue weighted by Crippen LogP contribution is 2.35. The fourth-order valence-corrected chi connectivity index (χ4v) is 3.61. The molecule has 31 heavy (non-hydrogen) atoms. The predicted octanol–water partition coefficient (Wildman–Crippen LogP) is 4.06. The molecule has 0 fully saturated rings. The van der Waals surface area contributed by atoms with Crippen molar-refractivity contribution in [3.63, 3.8) is 0 Å². The molecule has 0 saturated carbocycles. The van der Waals surface area contributed by atoms with Crippen LogP contribution in [-0.2, 0) is 10.0 Å². The summed E-state index contributed by atoms with van der Waals surface area (Å²) >= 11 is 6.14. The van der Waals surface area contributed by atoms with Crippen LogP contribution in [0, 0.1) is 30.9 Å². The molecule has 0 unspecified atom stereocenters. The Bertz CT molecular complexity index is 1230. The number of anilines is 1. The van der Waals surface area contributed by atoms with Gasteiger partial charge in [-0.25, -0.2) is 13.4 Å². The second kappa shape index (κ2) is 8.84. The lowest BCUT2D eigenvalue weighted by Crippen LogP contribution is -2.30. The van der Waals surface area contributed by atoms with Gasteiger partial charge in [0.05, 0.1) is 9.82 Å². The molecule has 0 radical (unpaired) electrons. The fraction of sp³-hybridized carbons (Fsp3) is 0.158. The van der Waals surface area contributed by atoms with E-state index in [1.807, 2.05) is 6.92 Å². The number of sulfonamides is 1. The number of nitro groups is 1. The van der Waals surface area contributed by atoms with Crippen molar-refractivity contribution in [1.82, 2.24) is 14.8 Å². The van der Waals surface area contributed by atoms with E-state index in [0.717, 1.165) is 23.0 Å². The third kappa shape index (κ3) is 5.08. The number of aromatic nitrogens is 2. The number of hydrogen-bond acceptors (Lipinski definition) is 8. The monoisotopic (exact) mass is 463 g/mol. The minimum Gasteiger partial charge on any atom is -0.434 e. The molecule has 3 rings (SSSR count). The smallest absolute Gasteiger partial charge is 0.374 e. The molecule has 3 aromatic rings. The van der Waals surface area contributed by atoms with Crippen molar-refractivity contribution < 1.29 is 18.1 Å². The van der Waals surface area contributed by atoms with Gasteiger partial charge in [-0.2, -0.15) is 4.98 Å². The molecule has 0 bridgehead atoms. The third-order valence-electron chi connectivity index (χ3n) is 4.23. The summed E-state index contributed by atoms with van der Waals surface area (Å²) in [6.45, 7) is 5.35. The van der Waals surface area contributed by atoms with Crippen LogP contribution in [0.1, 0.15) is 16.7 Å². The van der Waals surface area contributed by atoms with Gasteiger partial charge in [0.25, 0.3) is 10.0 Å². The molecule has 0 amide bonds. The van der Waals surface area contributed by atoms with Gasteiger partial charge in [0, 0.05) is 5.02 Å². The van der Waals surface area contributed by atoms with E-state index in [9.17, 15) is 18.5 Å². The second-order valence-electron chi connectivity index (χ2n) is 6.65. The maximum Gasteiger partial charge on any atom is 0.374 e. The van der Waals surface area contributed by atoms with E-state index in [-0.39, 0.29) is 22.3 Å². The van der Waals surface area contributed by atoms with Crippen molar-refractivity contribution in [2.45, 2.75) is 25.7 Å². The molecule has 0 aliphatic heterocycles. The lowest BCUT2D eigenvalue weighted by molar-refractivity contribution is -0.385. The summed E-state index contributed by atoms with van der Waals surface area (Å²) in [5.74, 6) is -0.460. The van der Waals surface area contributed by atoms with Gasteiger partial charge < -0.3 is 4.74 Å². The zero-order valence-corrected chi connectivity index (χ0v) is 18.3. The molecule has 0 aliphatic carbocycles. The van der Waals surface area contributed by atoms with Gasteiger partial charge in [-0.15, -0.1) is 4.83 Å². The van der Waals surface area contributed by atoms with E-state index >= 15 is 0 Å². The Morgan fingerprint density at radius 1 is 1.06 bits per heavy atom. The van der Waals surface area contributed by atoms with Gasteiger partial charge in [0.2, 0.25) is 5.82 Å². The van der Waals surface area contributed by atoms with E-state index in [1.54, 1.807) is 38.1 Å². The van der Waals surface area contributed by atoms with Gasteiger partial charge in [-0.1, -0.05) is 29.3 Å². The molecule has 1 aromatic heterocycles.